The third-order valence-electron chi connectivity index (χ3n) is 4.30. The van der Waals surface area contributed by atoms with E-state index in [0.29, 0.717) is 19.3 Å². The van der Waals surface area contributed by atoms with Crippen molar-refractivity contribution in [2.75, 3.05) is 18.5 Å². The van der Waals surface area contributed by atoms with E-state index >= 15 is 0 Å². The first kappa shape index (κ1) is 12.6. The fourth-order valence-corrected chi connectivity index (χ4v) is 2.60. The number of anilines is 1. The van der Waals surface area contributed by atoms with Gasteiger partial charge in [-0.3, -0.25) is 0 Å². The highest BCUT2D eigenvalue weighted by Crippen LogP contribution is 2.43. The normalized spacial score (nSPS) is 28.2. The number of hydrogen-bond donors (Lipinski definition) is 2. The van der Waals surface area contributed by atoms with Crippen LogP contribution in [0.1, 0.15) is 26.7 Å². The minimum absolute atomic E-state index is 0.0792. The summed E-state index contributed by atoms with van der Waals surface area (Å²) >= 11 is 0. The SMILES string of the molecule is CC1(C)C(O)CC1Nc1ccc2c(c1)OCCCO2. The number of aliphatic hydroxyl groups is 1. The van der Waals surface area contributed by atoms with E-state index in [1.807, 2.05) is 18.2 Å². The number of nitrogens with one attached hydrogen (secondary N) is 1. The largest absolute Gasteiger partial charge is 0.490 e. The van der Waals surface area contributed by atoms with E-state index in [4.69, 9.17) is 9.47 Å². The zero-order valence-corrected chi connectivity index (χ0v) is 11.5. The number of aliphatic hydroxyl groups excluding tert-OH is 1. The van der Waals surface area contributed by atoms with E-state index in [1.54, 1.807) is 0 Å². The molecule has 4 heteroatoms. The fourth-order valence-electron chi connectivity index (χ4n) is 2.60. The van der Waals surface area contributed by atoms with E-state index in [9.17, 15) is 5.11 Å². The fraction of sp³-hybridized carbons (Fsp3) is 0.600. The number of hydrogen-bond acceptors (Lipinski definition) is 4. The molecule has 0 amide bonds. The summed E-state index contributed by atoms with van der Waals surface area (Å²) in [7, 11) is 0. The van der Waals surface area contributed by atoms with Crippen LogP contribution in [-0.2, 0) is 0 Å². The van der Waals surface area contributed by atoms with Crippen LogP contribution >= 0.6 is 0 Å². The van der Waals surface area contributed by atoms with Gasteiger partial charge in [0.1, 0.15) is 0 Å². The predicted octanol–water partition coefficient (Wildman–Crippen LogP) is 2.42. The van der Waals surface area contributed by atoms with Crippen LogP contribution < -0.4 is 14.8 Å². The smallest absolute Gasteiger partial charge is 0.163 e. The lowest BCUT2D eigenvalue weighted by molar-refractivity contribution is -0.0510. The van der Waals surface area contributed by atoms with Crippen LogP contribution in [-0.4, -0.2) is 30.5 Å². The summed E-state index contributed by atoms with van der Waals surface area (Å²) in [5.74, 6) is 1.62. The number of ether oxygens (including phenoxy) is 2. The summed E-state index contributed by atoms with van der Waals surface area (Å²) in [5.41, 5.74) is 0.943. The summed E-state index contributed by atoms with van der Waals surface area (Å²) in [6.07, 6.45) is 1.49. The maximum Gasteiger partial charge on any atom is 0.163 e. The van der Waals surface area contributed by atoms with Gasteiger partial charge >= 0.3 is 0 Å². The van der Waals surface area contributed by atoms with Crippen molar-refractivity contribution in [3.63, 3.8) is 0 Å². The molecule has 1 aromatic carbocycles. The van der Waals surface area contributed by atoms with Crippen molar-refractivity contribution in [3.8, 4) is 11.5 Å². The lowest BCUT2D eigenvalue weighted by Gasteiger charge is -2.49. The van der Waals surface area contributed by atoms with E-state index in [2.05, 4.69) is 19.2 Å². The summed E-state index contributed by atoms with van der Waals surface area (Å²) < 4.78 is 11.3. The third-order valence-corrected chi connectivity index (χ3v) is 4.30. The molecule has 2 atom stereocenters. The lowest BCUT2D eigenvalue weighted by atomic mass is 9.64. The second-order valence-electron chi connectivity index (χ2n) is 5.98. The minimum Gasteiger partial charge on any atom is -0.490 e. The van der Waals surface area contributed by atoms with E-state index < -0.39 is 0 Å². The predicted molar refractivity (Wildman–Crippen MR) is 73.9 cm³/mol. The van der Waals surface area contributed by atoms with Crippen molar-refractivity contribution in [1.82, 2.24) is 0 Å². The van der Waals surface area contributed by atoms with Crippen LogP contribution in [0.2, 0.25) is 0 Å². The molecule has 19 heavy (non-hydrogen) atoms. The maximum absolute atomic E-state index is 9.77. The molecule has 1 fully saturated rings. The van der Waals surface area contributed by atoms with Gasteiger partial charge in [-0.15, -0.1) is 0 Å². The van der Waals surface area contributed by atoms with Crippen molar-refractivity contribution >= 4 is 5.69 Å². The van der Waals surface area contributed by atoms with E-state index in [0.717, 1.165) is 30.0 Å². The van der Waals surface area contributed by atoms with Crippen LogP contribution in [0, 0.1) is 5.41 Å². The molecule has 3 rings (SSSR count). The lowest BCUT2D eigenvalue weighted by Crippen LogP contribution is -2.56. The molecule has 0 spiro atoms. The van der Waals surface area contributed by atoms with Crippen LogP contribution in [0.4, 0.5) is 5.69 Å². The summed E-state index contributed by atoms with van der Waals surface area (Å²) in [4.78, 5) is 0. The van der Waals surface area contributed by atoms with Gasteiger partial charge in [0.05, 0.1) is 19.3 Å². The minimum atomic E-state index is -0.217. The van der Waals surface area contributed by atoms with Gasteiger partial charge in [0, 0.05) is 29.6 Å². The second-order valence-corrected chi connectivity index (χ2v) is 5.98. The molecule has 1 heterocycles. The zero-order chi connectivity index (χ0) is 13.5. The molecule has 1 aromatic rings. The molecule has 2 N–H and O–H groups in total. The highest BCUT2D eigenvalue weighted by atomic mass is 16.5. The summed E-state index contributed by atoms with van der Waals surface area (Å²) in [6, 6.07) is 6.24. The number of rotatable bonds is 2. The van der Waals surface area contributed by atoms with E-state index in [-0.39, 0.29) is 11.5 Å². The molecule has 2 aliphatic rings. The maximum atomic E-state index is 9.77. The monoisotopic (exact) mass is 263 g/mol. The van der Waals surface area contributed by atoms with Crippen molar-refractivity contribution < 1.29 is 14.6 Å². The Morgan fingerprint density at radius 2 is 1.95 bits per heavy atom. The Morgan fingerprint density at radius 1 is 1.21 bits per heavy atom. The number of benzene rings is 1. The van der Waals surface area contributed by atoms with Crippen molar-refractivity contribution in [2.45, 2.75) is 38.8 Å². The van der Waals surface area contributed by atoms with Crippen molar-refractivity contribution in [1.29, 1.82) is 0 Å². The van der Waals surface area contributed by atoms with Gasteiger partial charge in [0.2, 0.25) is 0 Å². The molecule has 104 valence electrons. The highest BCUT2D eigenvalue weighted by molar-refractivity contribution is 5.56. The van der Waals surface area contributed by atoms with Crippen LogP contribution in [0.3, 0.4) is 0 Å². The molecule has 0 radical (unpaired) electrons. The number of fused-ring (bicyclic) bond motifs is 1. The zero-order valence-electron chi connectivity index (χ0n) is 11.5. The highest BCUT2D eigenvalue weighted by Gasteiger charge is 2.47. The Kier molecular flexibility index (Phi) is 3.05. The molecule has 0 saturated heterocycles. The standard InChI is InChI=1S/C15H21NO3/c1-15(2)13(9-14(15)17)16-10-4-5-11-12(8-10)19-7-3-6-18-11/h4-5,8,13-14,16-17H,3,6-7,9H2,1-2H3. The van der Waals surface area contributed by atoms with Crippen LogP contribution in [0.25, 0.3) is 0 Å². The quantitative estimate of drug-likeness (QED) is 0.860. The molecular formula is C15H21NO3. The average molecular weight is 263 g/mol. The molecular weight excluding hydrogens is 242 g/mol. The van der Waals surface area contributed by atoms with E-state index in [1.165, 1.54) is 0 Å². The van der Waals surface area contributed by atoms with Crippen LogP contribution in [0.5, 0.6) is 11.5 Å². The molecule has 1 saturated carbocycles. The Morgan fingerprint density at radius 3 is 2.63 bits per heavy atom. The topological polar surface area (TPSA) is 50.7 Å². The Balaban J connectivity index is 1.74. The first-order valence-corrected chi connectivity index (χ1v) is 6.91. The van der Waals surface area contributed by atoms with Gasteiger partial charge in [0.25, 0.3) is 0 Å². The molecule has 0 aromatic heterocycles. The second kappa shape index (κ2) is 4.60. The van der Waals surface area contributed by atoms with Gasteiger partial charge in [-0.05, 0) is 18.6 Å². The molecule has 4 nitrogen and oxygen atoms in total. The van der Waals surface area contributed by atoms with Gasteiger partial charge in [-0.1, -0.05) is 13.8 Å². The molecule has 1 aliphatic heterocycles. The summed E-state index contributed by atoms with van der Waals surface area (Å²) in [6.45, 7) is 5.58. The average Bonchev–Trinajstić information content (AvgIpc) is 2.63. The van der Waals surface area contributed by atoms with Crippen molar-refractivity contribution in [3.05, 3.63) is 18.2 Å². The molecule has 1 aliphatic carbocycles. The van der Waals surface area contributed by atoms with Gasteiger partial charge < -0.3 is 19.9 Å². The summed E-state index contributed by atoms with van der Waals surface area (Å²) in [5, 5.41) is 13.2. The first-order valence-electron chi connectivity index (χ1n) is 6.91. The van der Waals surface area contributed by atoms with Gasteiger partial charge in [-0.25, -0.2) is 0 Å². The van der Waals surface area contributed by atoms with Crippen molar-refractivity contribution in [2.24, 2.45) is 5.41 Å². The molecule has 0 bridgehead atoms. The van der Waals surface area contributed by atoms with Crippen LogP contribution in [0.15, 0.2) is 18.2 Å². The Hall–Kier alpha value is -1.42. The molecule has 2 unspecified atom stereocenters. The Labute approximate surface area is 113 Å². The first-order chi connectivity index (χ1) is 9.07. The van der Waals surface area contributed by atoms with Gasteiger partial charge in [-0.2, -0.15) is 0 Å². The Bertz CT molecular complexity index is 472. The third kappa shape index (κ3) is 2.25. The van der Waals surface area contributed by atoms with Gasteiger partial charge in [0.15, 0.2) is 11.5 Å².